The predicted molar refractivity (Wildman–Crippen MR) is 58.6 cm³/mol. The number of carbonyl (C=O) groups is 1. The van der Waals surface area contributed by atoms with Crippen LogP contribution in [-0.4, -0.2) is 33.9 Å². The molecule has 1 aromatic heterocycles. The van der Waals surface area contributed by atoms with E-state index >= 15 is 0 Å². The van der Waals surface area contributed by atoms with Crippen molar-refractivity contribution >= 4 is 21.7 Å². The Morgan fingerprint density at radius 3 is 2.80 bits per heavy atom. The van der Waals surface area contributed by atoms with Gasteiger partial charge in [-0.25, -0.2) is 4.68 Å². The van der Waals surface area contributed by atoms with E-state index in [0.29, 0.717) is 16.2 Å². The first-order valence-electron chi connectivity index (χ1n) is 4.91. The van der Waals surface area contributed by atoms with Crippen LogP contribution in [0, 0.1) is 11.8 Å². The molecule has 2 atom stereocenters. The number of Topliss-reactive ketones (excluding diaryl/α,β-unsaturated/α-hetero) is 1. The van der Waals surface area contributed by atoms with E-state index in [1.165, 1.54) is 4.68 Å². The molecule has 82 valence electrons. The van der Waals surface area contributed by atoms with Crippen LogP contribution < -0.4 is 5.32 Å². The zero-order valence-electron chi connectivity index (χ0n) is 8.70. The molecule has 0 radical (unpaired) electrons. The number of hydrogen-bond donors (Lipinski definition) is 1. The Morgan fingerprint density at radius 1 is 1.60 bits per heavy atom. The van der Waals surface area contributed by atoms with Gasteiger partial charge in [-0.3, -0.25) is 4.79 Å². The van der Waals surface area contributed by atoms with E-state index in [9.17, 15) is 4.79 Å². The molecule has 1 aliphatic rings. The van der Waals surface area contributed by atoms with Crippen LogP contribution in [0.25, 0.3) is 0 Å². The maximum atomic E-state index is 12.2. The predicted octanol–water partition coefficient (Wildman–Crippen LogP) is 0.616. The molecular formula is C9H13BrN4O. The molecule has 1 aliphatic heterocycles. The maximum Gasteiger partial charge on any atom is 0.188 e. The molecule has 0 spiro atoms. The van der Waals surface area contributed by atoms with Gasteiger partial charge < -0.3 is 5.32 Å². The Hall–Kier alpha value is -0.750. The highest BCUT2D eigenvalue weighted by atomic mass is 79.9. The molecule has 6 heteroatoms. The van der Waals surface area contributed by atoms with E-state index in [0.717, 1.165) is 13.1 Å². The highest BCUT2D eigenvalue weighted by Crippen LogP contribution is 2.23. The van der Waals surface area contributed by atoms with Crippen LogP contribution in [0.3, 0.4) is 0 Å². The molecule has 2 rings (SSSR count). The summed E-state index contributed by atoms with van der Waals surface area (Å²) in [6, 6.07) is 0. The van der Waals surface area contributed by atoms with Crippen LogP contribution in [0.15, 0.2) is 4.60 Å². The van der Waals surface area contributed by atoms with Crippen LogP contribution in [0.2, 0.25) is 0 Å². The molecule has 0 aliphatic carbocycles. The van der Waals surface area contributed by atoms with Gasteiger partial charge in [-0.1, -0.05) is 12.1 Å². The first-order valence-corrected chi connectivity index (χ1v) is 5.70. The fourth-order valence-corrected chi connectivity index (χ4v) is 2.45. The number of nitrogens with zero attached hydrogens (tertiary/aromatic N) is 3. The molecule has 1 N–H and O–H groups in total. The van der Waals surface area contributed by atoms with Crippen LogP contribution in [-0.2, 0) is 7.05 Å². The Balaban J connectivity index is 2.28. The van der Waals surface area contributed by atoms with Crippen LogP contribution in [0.5, 0.6) is 0 Å². The first-order chi connectivity index (χ1) is 7.11. The average Bonchev–Trinajstić information content (AvgIpc) is 2.73. The molecular weight excluding hydrogens is 260 g/mol. The Bertz CT molecular complexity index is 370. The fraction of sp³-hybridized carbons (Fsp3) is 0.667. The number of halogens is 1. The van der Waals surface area contributed by atoms with Gasteiger partial charge in [0.05, 0.1) is 0 Å². The highest BCUT2D eigenvalue weighted by Gasteiger charge is 2.33. The van der Waals surface area contributed by atoms with E-state index in [4.69, 9.17) is 0 Å². The van der Waals surface area contributed by atoms with Gasteiger partial charge in [-0.2, -0.15) is 0 Å². The van der Waals surface area contributed by atoms with Gasteiger partial charge in [0, 0.05) is 19.5 Å². The van der Waals surface area contributed by atoms with Crippen molar-refractivity contribution in [2.75, 3.05) is 13.1 Å². The second-order valence-electron chi connectivity index (χ2n) is 3.96. The summed E-state index contributed by atoms with van der Waals surface area (Å²) >= 11 is 3.25. The number of nitrogens with one attached hydrogen (secondary N) is 1. The number of carbonyl (C=O) groups excluding carboxylic acids is 1. The molecule has 1 fully saturated rings. The molecule has 2 unspecified atom stereocenters. The second kappa shape index (κ2) is 4.02. The summed E-state index contributed by atoms with van der Waals surface area (Å²) in [7, 11) is 1.73. The van der Waals surface area contributed by atoms with Crippen molar-refractivity contribution in [3.8, 4) is 0 Å². The smallest absolute Gasteiger partial charge is 0.188 e. The lowest BCUT2D eigenvalue weighted by atomic mass is 9.92. The molecule has 2 heterocycles. The number of aryl methyl sites for hydroxylation is 1. The van der Waals surface area contributed by atoms with E-state index in [1.807, 2.05) is 0 Å². The van der Waals surface area contributed by atoms with Gasteiger partial charge in [0.25, 0.3) is 0 Å². The van der Waals surface area contributed by atoms with Gasteiger partial charge in [0.15, 0.2) is 10.4 Å². The van der Waals surface area contributed by atoms with Crippen molar-refractivity contribution in [1.29, 1.82) is 0 Å². The van der Waals surface area contributed by atoms with Gasteiger partial charge in [0.1, 0.15) is 5.69 Å². The van der Waals surface area contributed by atoms with E-state index in [-0.39, 0.29) is 11.7 Å². The molecule has 0 amide bonds. The minimum absolute atomic E-state index is 0.0403. The highest BCUT2D eigenvalue weighted by molar-refractivity contribution is 9.10. The lowest BCUT2D eigenvalue weighted by Gasteiger charge is -2.12. The molecule has 1 aromatic rings. The molecule has 5 nitrogen and oxygen atoms in total. The van der Waals surface area contributed by atoms with E-state index in [1.54, 1.807) is 7.05 Å². The Kier molecular flexibility index (Phi) is 2.88. The Morgan fingerprint density at radius 2 is 2.33 bits per heavy atom. The van der Waals surface area contributed by atoms with Gasteiger partial charge >= 0.3 is 0 Å². The third-order valence-corrected chi connectivity index (χ3v) is 3.41. The average molecular weight is 273 g/mol. The molecule has 15 heavy (non-hydrogen) atoms. The van der Waals surface area contributed by atoms with Gasteiger partial charge in [0.2, 0.25) is 0 Å². The SMILES string of the molecule is CC1CNCC1C(=O)c1c(Br)nnn1C. The fourth-order valence-electron chi connectivity index (χ4n) is 1.93. The van der Waals surface area contributed by atoms with Crippen molar-refractivity contribution in [3.63, 3.8) is 0 Å². The number of ketones is 1. The largest absolute Gasteiger partial charge is 0.316 e. The zero-order chi connectivity index (χ0) is 11.0. The van der Waals surface area contributed by atoms with Crippen molar-refractivity contribution in [1.82, 2.24) is 20.3 Å². The summed E-state index contributed by atoms with van der Waals surface area (Å²) < 4.78 is 2.06. The zero-order valence-corrected chi connectivity index (χ0v) is 10.3. The second-order valence-corrected chi connectivity index (χ2v) is 4.71. The quantitative estimate of drug-likeness (QED) is 0.802. The summed E-state index contributed by atoms with van der Waals surface area (Å²) in [6.07, 6.45) is 0. The number of aromatic nitrogens is 3. The lowest BCUT2D eigenvalue weighted by Crippen LogP contribution is -2.24. The standard InChI is InChI=1S/C9H13BrN4O/c1-5-3-11-4-6(5)8(15)7-9(10)12-13-14(7)2/h5-6,11H,3-4H2,1-2H3. The Labute approximate surface area is 96.4 Å². The van der Waals surface area contributed by atoms with E-state index < -0.39 is 0 Å². The summed E-state index contributed by atoms with van der Waals surface area (Å²) in [6.45, 7) is 3.73. The summed E-state index contributed by atoms with van der Waals surface area (Å²) in [5, 5.41) is 10.9. The molecule has 0 aromatic carbocycles. The summed E-state index contributed by atoms with van der Waals surface area (Å²) in [5.41, 5.74) is 0.565. The monoisotopic (exact) mass is 272 g/mol. The third kappa shape index (κ3) is 1.83. The maximum absolute atomic E-state index is 12.2. The van der Waals surface area contributed by atoms with Crippen molar-refractivity contribution in [3.05, 3.63) is 10.3 Å². The van der Waals surface area contributed by atoms with Crippen molar-refractivity contribution < 1.29 is 4.79 Å². The topological polar surface area (TPSA) is 59.8 Å². The minimum atomic E-state index is 0.0403. The van der Waals surface area contributed by atoms with Crippen LogP contribution in [0.1, 0.15) is 17.4 Å². The van der Waals surface area contributed by atoms with Crippen LogP contribution >= 0.6 is 15.9 Å². The summed E-state index contributed by atoms with van der Waals surface area (Å²) in [5.74, 6) is 0.532. The van der Waals surface area contributed by atoms with Crippen molar-refractivity contribution in [2.45, 2.75) is 6.92 Å². The molecule has 0 saturated carbocycles. The number of hydrogen-bond acceptors (Lipinski definition) is 4. The lowest BCUT2D eigenvalue weighted by molar-refractivity contribution is 0.0897. The summed E-state index contributed by atoms with van der Waals surface area (Å²) in [4.78, 5) is 12.2. The van der Waals surface area contributed by atoms with Gasteiger partial charge in [-0.15, -0.1) is 5.10 Å². The number of rotatable bonds is 2. The van der Waals surface area contributed by atoms with E-state index in [2.05, 4.69) is 38.5 Å². The molecule has 1 saturated heterocycles. The third-order valence-electron chi connectivity index (χ3n) is 2.87. The van der Waals surface area contributed by atoms with Gasteiger partial charge in [-0.05, 0) is 28.4 Å². The minimum Gasteiger partial charge on any atom is -0.316 e. The first kappa shape index (κ1) is 10.8. The van der Waals surface area contributed by atoms with Crippen molar-refractivity contribution in [2.24, 2.45) is 18.9 Å². The normalized spacial score (nSPS) is 25.8. The van der Waals surface area contributed by atoms with Crippen LogP contribution in [0.4, 0.5) is 0 Å². The molecule has 0 bridgehead atoms.